The Kier molecular flexibility index (Phi) is 3.88. The monoisotopic (exact) mass is 222 g/mol. The van der Waals surface area contributed by atoms with E-state index in [0.717, 1.165) is 5.56 Å². The molecule has 0 saturated carbocycles. The summed E-state index contributed by atoms with van der Waals surface area (Å²) in [4.78, 5) is 10.2. The van der Waals surface area contributed by atoms with Crippen LogP contribution in [0.25, 0.3) is 0 Å². The molecular formula is C12H16NO3. The van der Waals surface area contributed by atoms with Crippen molar-refractivity contribution in [2.24, 2.45) is 0 Å². The Morgan fingerprint density at radius 2 is 2.00 bits per heavy atom. The van der Waals surface area contributed by atoms with Gasteiger partial charge in [0.1, 0.15) is 5.75 Å². The number of non-ortho nitro benzene ring substituents is 1. The number of nitro benzene ring substituents is 1. The van der Waals surface area contributed by atoms with Gasteiger partial charge in [0.05, 0.1) is 11.0 Å². The van der Waals surface area contributed by atoms with Crippen molar-refractivity contribution in [3.8, 4) is 5.75 Å². The molecule has 16 heavy (non-hydrogen) atoms. The van der Waals surface area contributed by atoms with Gasteiger partial charge >= 0.3 is 0 Å². The maximum absolute atomic E-state index is 10.7. The van der Waals surface area contributed by atoms with Crippen LogP contribution in [0.3, 0.4) is 0 Å². The van der Waals surface area contributed by atoms with Gasteiger partial charge in [0.15, 0.2) is 0 Å². The van der Waals surface area contributed by atoms with E-state index < -0.39 is 4.92 Å². The Morgan fingerprint density at radius 3 is 2.44 bits per heavy atom. The van der Waals surface area contributed by atoms with Gasteiger partial charge in [0.2, 0.25) is 0 Å². The lowest BCUT2D eigenvalue weighted by Crippen LogP contribution is -2.08. The average molecular weight is 222 g/mol. The average Bonchev–Trinajstić information content (AvgIpc) is 2.16. The quantitative estimate of drug-likeness (QED) is 0.580. The molecule has 0 saturated heterocycles. The Labute approximate surface area is 95.4 Å². The van der Waals surface area contributed by atoms with Gasteiger partial charge in [0.25, 0.3) is 5.69 Å². The third-order valence-electron chi connectivity index (χ3n) is 2.10. The highest BCUT2D eigenvalue weighted by atomic mass is 16.6. The molecule has 4 nitrogen and oxygen atoms in total. The van der Waals surface area contributed by atoms with Crippen LogP contribution in [0.4, 0.5) is 5.69 Å². The van der Waals surface area contributed by atoms with Gasteiger partial charge in [-0.15, -0.1) is 0 Å². The van der Waals surface area contributed by atoms with Crippen LogP contribution in [0, 0.1) is 17.0 Å². The van der Waals surface area contributed by atoms with Crippen LogP contribution >= 0.6 is 0 Å². The number of nitrogens with zero attached hydrogens (tertiary/aromatic N) is 1. The van der Waals surface area contributed by atoms with Crippen LogP contribution in [0.1, 0.15) is 32.3 Å². The summed E-state index contributed by atoms with van der Waals surface area (Å²) in [6.45, 7) is 9.59. The van der Waals surface area contributed by atoms with Gasteiger partial charge in [-0.3, -0.25) is 10.1 Å². The first kappa shape index (κ1) is 12.5. The van der Waals surface area contributed by atoms with E-state index >= 15 is 0 Å². The summed E-state index contributed by atoms with van der Waals surface area (Å²) in [5.74, 6) is 0.622. The predicted molar refractivity (Wildman–Crippen MR) is 62.6 cm³/mol. The van der Waals surface area contributed by atoms with Gasteiger partial charge in [0, 0.05) is 17.7 Å². The van der Waals surface area contributed by atoms with Crippen LogP contribution in [0.2, 0.25) is 0 Å². The first-order valence-electron chi connectivity index (χ1n) is 5.20. The maximum atomic E-state index is 10.7. The minimum Gasteiger partial charge on any atom is -0.491 e. The lowest BCUT2D eigenvalue weighted by atomic mass is 10.0. The third kappa shape index (κ3) is 2.95. The van der Waals surface area contributed by atoms with Crippen LogP contribution in [0.15, 0.2) is 18.2 Å². The second-order valence-corrected chi connectivity index (χ2v) is 4.05. The molecule has 0 aliphatic heterocycles. The van der Waals surface area contributed by atoms with Gasteiger partial charge in [-0.2, -0.15) is 0 Å². The smallest absolute Gasteiger partial charge is 0.269 e. The molecule has 1 aromatic rings. The lowest BCUT2D eigenvalue weighted by molar-refractivity contribution is -0.384. The van der Waals surface area contributed by atoms with E-state index in [4.69, 9.17) is 4.74 Å². The highest BCUT2D eigenvalue weighted by Gasteiger charge is 2.14. The first-order chi connectivity index (χ1) is 7.41. The summed E-state index contributed by atoms with van der Waals surface area (Å²) >= 11 is 0. The number of rotatable bonds is 4. The minimum atomic E-state index is -0.412. The summed E-state index contributed by atoms with van der Waals surface area (Å²) in [6, 6.07) is 4.61. The molecule has 87 valence electrons. The second kappa shape index (κ2) is 4.96. The summed E-state index contributed by atoms with van der Waals surface area (Å²) in [7, 11) is 0. The fourth-order valence-electron chi connectivity index (χ4n) is 1.40. The van der Waals surface area contributed by atoms with Crippen molar-refractivity contribution < 1.29 is 9.66 Å². The van der Waals surface area contributed by atoms with E-state index in [1.54, 1.807) is 6.07 Å². The van der Waals surface area contributed by atoms with Crippen molar-refractivity contribution in [1.29, 1.82) is 0 Å². The normalized spacial score (nSPS) is 10.9. The lowest BCUT2D eigenvalue weighted by Gasteiger charge is -2.15. The maximum Gasteiger partial charge on any atom is 0.269 e. The Morgan fingerprint density at radius 1 is 1.38 bits per heavy atom. The van der Waals surface area contributed by atoms with Crippen molar-refractivity contribution in [3.63, 3.8) is 0 Å². The molecule has 0 fully saturated rings. The van der Waals surface area contributed by atoms with Crippen molar-refractivity contribution in [3.05, 3.63) is 40.8 Å². The van der Waals surface area contributed by atoms with Crippen molar-refractivity contribution >= 4 is 5.69 Å². The van der Waals surface area contributed by atoms with Crippen molar-refractivity contribution in [1.82, 2.24) is 0 Å². The fourth-order valence-corrected chi connectivity index (χ4v) is 1.40. The molecule has 0 aliphatic carbocycles. The number of nitro groups is 1. The second-order valence-electron chi connectivity index (χ2n) is 4.05. The molecule has 0 N–H and O–H groups in total. The highest BCUT2D eigenvalue weighted by Crippen LogP contribution is 2.30. The van der Waals surface area contributed by atoms with E-state index in [9.17, 15) is 10.1 Å². The molecule has 1 aromatic carbocycles. The first-order valence-corrected chi connectivity index (χ1v) is 5.20. The molecule has 0 heterocycles. The Balaban J connectivity index is 3.14. The molecule has 1 atom stereocenters. The van der Waals surface area contributed by atoms with Crippen LogP contribution in [-0.2, 0) is 0 Å². The largest absolute Gasteiger partial charge is 0.491 e. The van der Waals surface area contributed by atoms with E-state index in [1.807, 2.05) is 20.8 Å². The summed E-state index contributed by atoms with van der Waals surface area (Å²) < 4.78 is 5.58. The summed E-state index contributed by atoms with van der Waals surface area (Å²) in [5.41, 5.74) is 0.838. The topological polar surface area (TPSA) is 52.4 Å². The standard InChI is InChI=1S/C12H16NO3/c1-8(2)11-7-10(13(14)15)5-6-12(11)16-9(3)4/h5-9H,1H2,2-4H3. The van der Waals surface area contributed by atoms with E-state index in [2.05, 4.69) is 6.92 Å². The molecule has 1 rings (SSSR count). The zero-order valence-electron chi connectivity index (χ0n) is 9.77. The SMILES string of the molecule is [CH2]C(C)c1cc([N+](=O)[O-])ccc1OC(C)C. The van der Waals surface area contributed by atoms with Crippen molar-refractivity contribution in [2.45, 2.75) is 32.8 Å². The fraction of sp³-hybridized carbons (Fsp3) is 0.417. The Bertz CT molecular complexity index is 386. The Hall–Kier alpha value is -1.58. The number of ether oxygens (including phenoxy) is 1. The predicted octanol–water partition coefficient (Wildman–Crippen LogP) is 3.32. The van der Waals surface area contributed by atoms with Gasteiger partial charge in [-0.05, 0) is 32.8 Å². The molecule has 1 radical (unpaired) electrons. The van der Waals surface area contributed by atoms with Gasteiger partial charge in [-0.25, -0.2) is 0 Å². The third-order valence-corrected chi connectivity index (χ3v) is 2.10. The van der Waals surface area contributed by atoms with E-state index in [0.29, 0.717) is 5.75 Å². The molecule has 0 spiro atoms. The number of hydrogen-bond acceptors (Lipinski definition) is 3. The summed E-state index contributed by atoms with van der Waals surface area (Å²) in [6.07, 6.45) is 0.0407. The van der Waals surface area contributed by atoms with Crippen LogP contribution in [0.5, 0.6) is 5.75 Å². The van der Waals surface area contributed by atoms with Crippen LogP contribution in [-0.4, -0.2) is 11.0 Å². The van der Waals surface area contributed by atoms with Gasteiger partial charge < -0.3 is 4.74 Å². The van der Waals surface area contributed by atoms with Gasteiger partial charge in [-0.1, -0.05) is 6.92 Å². The number of benzene rings is 1. The highest BCUT2D eigenvalue weighted by molar-refractivity contribution is 5.45. The zero-order chi connectivity index (χ0) is 12.3. The summed E-state index contributed by atoms with van der Waals surface area (Å²) in [5, 5.41) is 10.7. The van der Waals surface area contributed by atoms with E-state index in [-0.39, 0.29) is 17.7 Å². The molecule has 0 aliphatic rings. The van der Waals surface area contributed by atoms with Crippen molar-refractivity contribution in [2.75, 3.05) is 0 Å². The molecule has 0 bridgehead atoms. The molecule has 1 unspecified atom stereocenters. The molecule has 0 amide bonds. The molecule has 0 aromatic heterocycles. The number of hydrogen-bond donors (Lipinski definition) is 0. The molecule has 4 heteroatoms. The van der Waals surface area contributed by atoms with E-state index in [1.165, 1.54) is 12.1 Å². The van der Waals surface area contributed by atoms with Crippen LogP contribution < -0.4 is 4.74 Å². The zero-order valence-corrected chi connectivity index (χ0v) is 9.77. The minimum absolute atomic E-state index is 0.0407. The molecular weight excluding hydrogens is 206 g/mol.